The summed E-state index contributed by atoms with van der Waals surface area (Å²) >= 11 is 0. The fourth-order valence-corrected chi connectivity index (χ4v) is 2.84. The first-order chi connectivity index (χ1) is 13.0. The van der Waals surface area contributed by atoms with E-state index in [4.69, 9.17) is 0 Å². The van der Waals surface area contributed by atoms with Crippen molar-refractivity contribution in [2.24, 2.45) is 0 Å². The number of anilines is 2. The smallest absolute Gasteiger partial charge is 0.270 e. The Hall–Kier alpha value is -3.21. The van der Waals surface area contributed by atoms with Gasteiger partial charge in [0, 0.05) is 17.9 Å². The highest BCUT2D eigenvalue weighted by Crippen LogP contribution is 2.25. The van der Waals surface area contributed by atoms with E-state index in [1.807, 2.05) is 55.5 Å². The molecule has 5 nitrogen and oxygen atoms in total. The summed E-state index contributed by atoms with van der Waals surface area (Å²) in [6.45, 7) is 6.59. The van der Waals surface area contributed by atoms with Crippen molar-refractivity contribution in [2.45, 2.75) is 33.2 Å². The molecule has 0 bridgehead atoms. The number of nitrogens with one attached hydrogen (secondary N) is 2. The molecule has 138 valence electrons. The van der Waals surface area contributed by atoms with Gasteiger partial charge in [0.2, 0.25) is 5.95 Å². The number of aryl methyl sites for hydroxylation is 1. The summed E-state index contributed by atoms with van der Waals surface area (Å²) in [7, 11) is 0. The van der Waals surface area contributed by atoms with Gasteiger partial charge in [0.25, 0.3) is 5.91 Å². The molecule has 0 aliphatic rings. The lowest BCUT2D eigenvalue weighted by Crippen LogP contribution is -2.24. The van der Waals surface area contributed by atoms with Crippen molar-refractivity contribution in [3.05, 3.63) is 83.2 Å². The van der Waals surface area contributed by atoms with Crippen LogP contribution in [0.2, 0.25) is 0 Å². The van der Waals surface area contributed by atoms with Crippen molar-refractivity contribution in [1.82, 2.24) is 15.3 Å². The molecule has 5 heteroatoms. The Morgan fingerprint density at radius 2 is 1.70 bits per heavy atom. The molecule has 1 aromatic heterocycles. The molecule has 0 spiro atoms. The average Bonchev–Trinajstić information content (AvgIpc) is 2.66. The number of hydrogen-bond donors (Lipinski definition) is 2. The highest BCUT2D eigenvalue weighted by molar-refractivity contribution is 5.92. The largest absolute Gasteiger partial charge is 0.347 e. The van der Waals surface area contributed by atoms with E-state index in [-0.39, 0.29) is 5.91 Å². The quantitative estimate of drug-likeness (QED) is 0.675. The van der Waals surface area contributed by atoms with Crippen molar-refractivity contribution < 1.29 is 4.79 Å². The topological polar surface area (TPSA) is 66.9 Å². The summed E-state index contributed by atoms with van der Waals surface area (Å²) in [5.74, 6) is 0.574. The maximum Gasteiger partial charge on any atom is 0.270 e. The van der Waals surface area contributed by atoms with E-state index in [0.29, 0.717) is 24.1 Å². The van der Waals surface area contributed by atoms with E-state index in [1.54, 1.807) is 6.07 Å². The van der Waals surface area contributed by atoms with Gasteiger partial charge in [-0.2, -0.15) is 0 Å². The van der Waals surface area contributed by atoms with Crippen molar-refractivity contribution in [3.63, 3.8) is 0 Å². The second kappa shape index (κ2) is 8.45. The van der Waals surface area contributed by atoms with Crippen LogP contribution >= 0.6 is 0 Å². The van der Waals surface area contributed by atoms with E-state index in [0.717, 1.165) is 16.9 Å². The van der Waals surface area contributed by atoms with Gasteiger partial charge in [-0.25, -0.2) is 9.97 Å². The minimum absolute atomic E-state index is 0.218. The van der Waals surface area contributed by atoms with E-state index in [2.05, 4.69) is 40.5 Å². The van der Waals surface area contributed by atoms with Gasteiger partial charge in [-0.15, -0.1) is 0 Å². The van der Waals surface area contributed by atoms with Gasteiger partial charge in [0.05, 0.1) is 0 Å². The van der Waals surface area contributed by atoms with Gasteiger partial charge >= 0.3 is 0 Å². The molecule has 2 N–H and O–H groups in total. The third kappa shape index (κ3) is 4.91. The van der Waals surface area contributed by atoms with Crippen molar-refractivity contribution >= 4 is 17.5 Å². The first kappa shape index (κ1) is 18.6. The molecule has 3 aromatic rings. The molecule has 1 amide bonds. The Balaban J connectivity index is 1.77. The zero-order valence-electron chi connectivity index (χ0n) is 15.9. The molecule has 1 heterocycles. The number of amides is 1. The highest BCUT2D eigenvalue weighted by atomic mass is 16.1. The third-order valence-electron chi connectivity index (χ3n) is 4.21. The number of nitrogens with zero attached hydrogens (tertiary/aromatic N) is 2. The van der Waals surface area contributed by atoms with Gasteiger partial charge in [0.1, 0.15) is 5.69 Å². The van der Waals surface area contributed by atoms with Crippen molar-refractivity contribution in [3.8, 4) is 0 Å². The third-order valence-corrected chi connectivity index (χ3v) is 4.21. The maximum atomic E-state index is 12.5. The molecule has 3 rings (SSSR count). The zero-order valence-corrected chi connectivity index (χ0v) is 15.9. The fourth-order valence-electron chi connectivity index (χ4n) is 2.84. The molecular formula is C22H24N4O. The Morgan fingerprint density at radius 3 is 2.44 bits per heavy atom. The Bertz CT molecular complexity index is 923. The number of benzene rings is 2. The molecule has 27 heavy (non-hydrogen) atoms. The van der Waals surface area contributed by atoms with Crippen LogP contribution in [0.4, 0.5) is 11.6 Å². The van der Waals surface area contributed by atoms with Gasteiger partial charge in [-0.05, 0) is 36.1 Å². The van der Waals surface area contributed by atoms with Gasteiger partial charge in [0.15, 0.2) is 0 Å². The standard InChI is InChI=1S/C22H24N4O/c1-15(2)18-11-7-8-12-19(18)25-22-24-16(3)13-20(26-22)21(27)23-14-17-9-5-4-6-10-17/h4-13,15H,14H2,1-3H3,(H,23,27)(H,24,25,26). The average molecular weight is 360 g/mol. The van der Waals surface area contributed by atoms with E-state index < -0.39 is 0 Å². The highest BCUT2D eigenvalue weighted by Gasteiger charge is 2.12. The summed E-state index contributed by atoms with van der Waals surface area (Å²) in [4.78, 5) is 21.4. The second-order valence-electron chi connectivity index (χ2n) is 6.75. The minimum atomic E-state index is -0.218. The maximum absolute atomic E-state index is 12.5. The predicted octanol–water partition coefficient (Wildman–Crippen LogP) is 4.58. The van der Waals surface area contributed by atoms with Crippen LogP contribution in [0.3, 0.4) is 0 Å². The van der Waals surface area contributed by atoms with Crippen LogP contribution in [0.5, 0.6) is 0 Å². The van der Waals surface area contributed by atoms with E-state index >= 15 is 0 Å². The van der Waals surface area contributed by atoms with Crippen LogP contribution < -0.4 is 10.6 Å². The molecule has 2 aromatic carbocycles. The van der Waals surface area contributed by atoms with Crippen LogP contribution in [0.15, 0.2) is 60.7 Å². The van der Waals surface area contributed by atoms with E-state index in [9.17, 15) is 4.79 Å². The summed E-state index contributed by atoms with van der Waals surface area (Å²) in [6.07, 6.45) is 0. The molecule has 0 saturated heterocycles. The Labute approximate surface area is 159 Å². The fraction of sp³-hybridized carbons (Fsp3) is 0.227. The molecule has 0 aliphatic carbocycles. The van der Waals surface area contributed by atoms with E-state index in [1.165, 1.54) is 5.56 Å². The minimum Gasteiger partial charge on any atom is -0.347 e. The molecule has 0 fully saturated rings. The molecule has 0 saturated carbocycles. The number of carbonyl (C=O) groups excluding carboxylic acids is 1. The number of para-hydroxylation sites is 1. The monoisotopic (exact) mass is 360 g/mol. The van der Waals surface area contributed by atoms with Crippen LogP contribution in [-0.2, 0) is 6.54 Å². The molecule has 0 unspecified atom stereocenters. The summed E-state index contributed by atoms with van der Waals surface area (Å²) < 4.78 is 0. The number of carbonyl (C=O) groups is 1. The summed E-state index contributed by atoms with van der Waals surface area (Å²) in [5.41, 5.74) is 4.26. The first-order valence-corrected chi connectivity index (χ1v) is 9.06. The summed E-state index contributed by atoms with van der Waals surface area (Å²) in [5, 5.41) is 6.17. The van der Waals surface area contributed by atoms with Crippen LogP contribution in [0.1, 0.15) is 47.1 Å². The number of aromatic nitrogens is 2. The van der Waals surface area contributed by atoms with Crippen molar-refractivity contribution in [1.29, 1.82) is 0 Å². The van der Waals surface area contributed by atoms with Crippen molar-refractivity contribution in [2.75, 3.05) is 5.32 Å². The normalized spacial score (nSPS) is 10.7. The predicted molar refractivity (Wildman–Crippen MR) is 108 cm³/mol. The van der Waals surface area contributed by atoms with Crippen LogP contribution in [0, 0.1) is 6.92 Å². The molecule has 0 aliphatic heterocycles. The van der Waals surface area contributed by atoms with Gasteiger partial charge in [-0.3, -0.25) is 4.79 Å². The number of hydrogen-bond acceptors (Lipinski definition) is 4. The molecule has 0 atom stereocenters. The zero-order chi connectivity index (χ0) is 19.2. The SMILES string of the molecule is Cc1cc(C(=O)NCc2ccccc2)nc(Nc2ccccc2C(C)C)n1. The number of rotatable bonds is 6. The summed E-state index contributed by atoms with van der Waals surface area (Å²) in [6, 6.07) is 19.5. The lowest BCUT2D eigenvalue weighted by Gasteiger charge is -2.14. The Morgan fingerprint density at radius 1 is 1.00 bits per heavy atom. The first-order valence-electron chi connectivity index (χ1n) is 9.06. The Kier molecular flexibility index (Phi) is 5.81. The lowest BCUT2D eigenvalue weighted by molar-refractivity contribution is 0.0945. The van der Waals surface area contributed by atoms with Gasteiger partial charge in [-0.1, -0.05) is 62.4 Å². The molecule has 0 radical (unpaired) electrons. The van der Waals surface area contributed by atoms with Crippen LogP contribution in [-0.4, -0.2) is 15.9 Å². The van der Waals surface area contributed by atoms with Crippen LogP contribution in [0.25, 0.3) is 0 Å². The van der Waals surface area contributed by atoms with Gasteiger partial charge < -0.3 is 10.6 Å². The molecular weight excluding hydrogens is 336 g/mol. The second-order valence-corrected chi connectivity index (χ2v) is 6.75. The lowest BCUT2D eigenvalue weighted by atomic mass is 10.0.